The predicted molar refractivity (Wildman–Crippen MR) is 105 cm³/mol. The number of amides is 4. The first-order valence-electron chi connectivity index (χ1n) is 8.82. The lowest BCUT2D eigenvalue weighted by molar-refractivity contribution is -0.112. The maximum atomic E-state index is 13.1. The summed E-state index contributed by atoms with van der Waals surface area (Å²) in [6.07, 6.45) is -1.21. The summed E-state index contributed by atoms with van der Waals surface area (Å²) in [5.74, 6) is -0.940. The van der Waals surface area contributed by atoms with Crippen LogP contribution in [0.1, 0.15) is 15.9 Å². The van der Waals surface area contributed by atoms with Crippen LogP contribution in [0.2, 0.25) is 0 Å². The number of carboxylic acid groups (broad SMARTS) is 1. The SMILES string of the molecule is O=C(O)NCCNC(=O)N1C(=O)/C(=C2\Nc3ccccc3C2=O)c2ccccc21. The largest absolute Gasteiger partial charge is 0.465 e. The van der Waals surface area contributed by atoms with Crippen LogP contribution in [-0.4, -0.2) is 42.0 Å². The van der Waals surface area contributed by atoms with Crippen LogP contribution < -0.4 is 20.9 Å². The van der Waals surface area contributed by atoms with Gasteiger partial charge in [-0.15, -0.1) is 0 Å². The number of nitrogens with one attached hydrogen (secondary N) is 3. The molecular formula is C20H16N4O5. The number of Topliss-reactive ketones (excluding diaryl/α,β-unsaturated/α-hetero) is 1. The van der Waals surface area contributed by atoms with Crippen LogP contribution in [0, 0.1) is 0 Å². The number of benzene rings is 2. The van der Waals surface area contributed by atoms with Crippen molar-refractivity contribution in [2.75, 3.05) is 23.3 Å². The number of hydrogen-bond acceptors (Lipinski definition) is 5. The summed E-state index contributed by atoms with van der Waals surface area (Å²) in [5, 5.41) is 16.2. The third-order valence-electron chi connectivity index (χ3n) is 4.62. The van der Waals surface area contributed by atoms with Gasteiger partial charge in [0, 0.05) is 29.9 Å². The third kappa shape index (κ3) is 3.08. The van der Waals surface area contributed by atoms with Gasteiger partial charge in [-0.25, -0.2) is 14.5 Å². The molecule has 0 saturated heterocycles. The van der Waals surface area contributed by atoms with Gasteiger partial charge in [-0.3, -0.25) is 9.59 Å². The number of hydrogen-bond donors (Lipinski definition) is 4. The Labute approximate surface area is 165 Å². The fourth-order valence-electron chi connectivity index (χ4n) is 3.37. The van der Waals surface area contributed by atoms with E-state index in [4.69, 9.17) is 5.11 Å². The van der Waals surface area contributed by atoms with E-state index in [1.807, 2.05) is 0 Å². The van der Waals surface area contributed by atoms with Crippen molar-refractivity contribution >= 4 is 40.8 Å². The lowest BCUT2D eigenvalue weighted by Crippen LogP contribution is -2.44. The average Bonchev–Trinajstić information content (AvgIpc) is 3.18. The Balaban J connectivity index is 1.67. The molecule has 0 radical (unpaired) electrons. The van der Waals surface area contributed by atoms with Gasteiger partial charge in [0.15, 0.2) is 0 Å². The fourth-order valence-corrected chi connectivity index (χ4v) is 3.37. The Morgan fingerprint density at radius 3 is 2.31 bits per heavy atom. The maximum Gasteiger partial charge on any atom is 0.404 e. The van der Waals surface area contributed by atoms with Crippen molar-refractivity contribution < 1.29 is 24.3 Å². The summed E-state index contributed by atoms with van der Waals surface area (Å²) in [4.78, 5) is 50.0. The van der Waals surface area contributed by atoms with Crippen molar-refractivity contribution in [3.8, 4) is 0 Å². The van der Waals surface area contributed by atoms with Gasteiger partial charge in [-0.1, -0.05) is 30.3 Å². The zero-order valence-corrected chi connectivity index (χ0v) is 15.1. The molecular weight excluding hydrogens is 376 g/mol. The topological polar surface area (TPSA) is 128 Å². The Morgan fingerprint density at radius 1 is 0.931 bits per heavy atom. The molecule has 0 fully saturated rings. The number of anilines is 2. The van der Waals surface area contributed by atoms with E-state index in [-0.39, 0.29) is 30.1 Å². The number of carbonyl (C=O) groups excluding carboxylic acids is 3. The predicted octanol–water partition coefficient (Wildman–Crippen LogP) is 2.03. The van der Waals surface area contributed by atoms with Gasteiger partial charge in [-0.2, -0.15) is 0 Å². The molecule has 0 unspecified atom stereocenters. The number of fused-ring (bicyclic) bond motifs is 2. The molecule has 4 amide bonds. The third-order valence-corrected chi connectivity index (χ3v) is 4.62. The van der Waals surface area contributed by atoms with Crippen molar-refractivity contribution in [3.63, 3.8) is 0 Å². The molecule has 0 aliphatic carbocycles. The lowest BCUT2D eigenvalue weighted by Gasteiger charge is -2.16. The normalized spacial score (nSPS) is 16.9. The second-order valence-electron chi connectivity index (χ2n) is 6.37. The Hall–Kier alpha value is -4.14. The molecule has 0 atom stereocenters. The van der Waals surface area contributed by atoms with Crippen LogP contribution >= 0.6 is 0 Å². The molecule has 2 aliphatic heterocycles. The molecule has 0 bridgehead atoms. The van der Waals surface area contributed by atoms with Gasteiger partial charge in [-0.05, 0) is 18.2 Å². The minimum Gasteiger partial charge on any atom is -0.465 e. The molecule has 2 aromatic carbocycles. The van der Waals surface area contributed by atoms with E-state index in [0.29, 0.717) is 22.5 Å². The summed E-state index contributed by atoms with van der Waals surface area (Å²) >= 11 is 0. The minimum absolute atomic E-state index is 0.00556. The molecule has 9 heteroatoms. The van der Waals surface area contributed by atoms with Gasteiger partial charge in [0.25, 0.3) is 5.91 Å². The molecule has 4 N–H and O–H groups in total. The number of allylic oxidation sites excluding steroid dienone is 1. The number of imide groups is 1. The molecule has 29 heavy (non-hydrogen) atoms. The summed E-state index contributed by atoms with van der Waals surface area (Å²) in [6.45, 7) is -0.000342. The molecule has 9 nitrogen and oxygen atoms in total. The van der Waals surface area contributed by atoms with Gasteiger partial charge in [0.2, 0.25) is 5.78 Å². The van der Waals surface area contributed by atoms with Crippen molar-refractivity contribution in [2.45, 2.75) is 0 Å². The molecule has 0 aromatic heterocycles. The van der Waals surface area contributed by atoms with E-state index in [1.54, 1.807) is 48.5 Å². The second kappa shape index (κ2) is 7.12. The lowest BCUT2D eigenvalue weighted by atomic mass is 10.0. The molecule has 0 saturated carbocycles. The number of ketones is 1. The van der Waals surface area contributed by atoms with E-state index in [1.165, 1.54) is 0 Å². The number of para-hydroxylation sites is 2. The number of urea groups is 1. The van der Waals surface area contributed by atoms with Gasteiger partial charge < -0.3 is 21.1 Å². The van der Waals surface area contributed by atoms with Crippen molar-refractivity contribution in [1.82, 2.24) is 10.6 Å². The summed E-state index contributed by atoms with van der Waals surface area (Å²) in [7, 11) is 0. The van der Waals surface area contributed by atoms with E-state index < -0.39 is 18.0 Å². The van der Waals surface area contributed by atoms with Gasteiger partial charge >= 0.3 is 12.1 Å². The van der Waals surface area contributed by atoms with Crippen LogP contribution in [-0.2, 0) is 4.79 Å². The minimum atomic E-state index is -1.21. The summed E-state index contributed by atoms with van der Waals surface area (Å²) in [5.41, 5.74) is 2.15. The molecule has 2 heterocycles. The van der Waals surface area contributed by atoms with Crippen molar-refractivity contribution in [1.29, 1.82) is 0 Å². The van der Waals surface area contributed by atoms with E-state index >= 15 is 0 Å². The van der Waals surface area contributed by atoms with Gasteiger partial charge in [0.1, 0.15) is 5.70 Å². The maximum absolute atomic E-state index is 13.1. The monoisotopic (exact) mass is 392 g/mol. The summed E-state index contributed by atoms with van der Waals surface area (Å²) < 4.78 is 0. The summed E-state index contributed by atoms with van der Waals surface area (Å²) in [6, 6.07) is 12.9. The highest BCUT2D eigenvalue weighted by Crippen LogP contribution is 2.41. The number of nitrogens with zero attached hydrogens (tertiary/aromatic N) is 1. The first-order chi connectivity index (χ1) is 14.0. The highest BCUT2D eigenvalue weighted by molar-refractivity contribution is 6.44. The second-order valence-corrected chi connectivity index (χ2v) is 6.37. The van der Waals surface area contributed by atoms with Gasteiger partial charge in [0.05, 0.1) is 11.3 Å². The van der Waals surface area contributed by atoms with Crippen LogP contribution in [0.4, 0.5) is 21.0 Å². The molecule has 2 aliphatic rings. The highest BCUT2D eigenvalue weighted by atomic mass is 16.4. The Bertz CT molecular complexity index is 1090. The Kier molecular flexibility index (Phi) is 4.47. The van der Waals surface area contributed by atoms with E-state index in [9.17, 15) is 19.2 Å². The standard InChI is InChI=1S/C20H16N4O5/c25-17-11-5-1-3-7-13(11)23-16(17)15-12-6-2-4-8-14(12)24(18(15)26)19(27)21-9-10-22-20(28)29/h1-8,22-23H,9-10H2,(H,21,27)(H,28,29)/b16-15-. The van der Waals surface area contributed by atoms with Crippen LogP contribution in [0.5, 0.6) is 0 Å². The highest BCUT2D eigenvalue weighted by Gasteiger charge is 2.41. The number of carbonyl (C=O) groups is 4. The van der Waals surface area contributed by atoms with E-state index in [0.717, 1.165) is 4.90 Å². The van der Waals surface area contributed by atoms with E-state index in [2.05, 4.69) is 16.0 Å². The first-order valence-corrected chi connectivity index (χ1v) is 8.82. The number of rotatable bonds is 3. The smallest absolute Gasteiger partial charge is 0.404 e. The fraction of sp³-hybridized carbons (Fsp3) is 0.100. The van der Waals surface area contributed by atoms with Crippen LogP contribution in [0.3, 0.4) is 0 Å². The van der Waals surface area contributed by atoms with Crippen LogP contribution in [0.15, 0.2) is 54.2 Å². The zero-order chi connectivity index (χ0) is 20.5. The van der Waals surface area contributed by atoms with Crippen molar-refractivity contribution in [3.05, 3.63) is 65.4 Å². The Morgan fingerprint density at radius 2 is 1.59 bits per heavy atom. The van der Waals surface area contributed by atoms with Crippen molar-refractivity contribution in [2.24, 2.45) is 0 Å². The quantitative estimate of drug-likeness (QED) is 0.467. The molecule has 146 valence electrons. The first kappa shape index (κ1) is 18.2. The van der Waals surface area contributed by atoms with Crippen LogP contribution in [0.25, 0.3) is 5.57 Å². The molecule has 2 aromatic rings. The zero-order valence-electron chi connectivity index (χ0n) is 15.1. The molecule has 4 rings (SSSR count). The molecule has 0 spiro atoms. The average molecular weight is 392 g/mol.